The molecule has 110 valence electrons. The van der Waals surface area contributed by atoms with Crippen molar-refractivity contribution in [3.05, 3.63) is 0 Å². The normalized spacial score (nSPS) is 46.2. The van der Waals surface area contributed by atoms with Gasteiger partial charge in [0.05, 0.1) is 12.2 Å². The van der Waals surface area contributed by atoms with Crippen molar-refractivity contribution in [2.45, 2.75) is 49.1 Å². The van der Waals surface area contributed by atoms with E-state index in [0.717, 1.165) is 0 Å². The molecular formula is C10H16O9. The molecule has 0 aromatic heterocycles. The fraction of sp³-hybridized carbons (Fsp3) is 0.800. The molecule has 0 aromatic carbocycles. The van der Waals surface area contributed by atoms with Gasteiger partial charge in [0.2, 0.25) is 11.6 Å². The van der Waals surface area contributed by atoms with Gasteiger partial charge in [0.25, 0.3) is 0 Å². The molecule has 7 N–H and O–H groups in total. The van der Waals surface area contributed by atoms with Crippen LogP contribution in [-0.2, 0) is 9.59 Å². The number of ketones is 2. The molecule has 0 aliphatic heterocycles. The fourth-order valence-electron chi connectivity index (χ4n) is 1.75. The van der Waals surface area contributed by atoms with Crippen molar-refractivity contribution in [1.29, 1.82) is 0 Å². The summed E-state index contributed by atoms with van der Waals surface area (Å²) >= 11 is 0. The Morgan fingerprint density at radius 2 is 1.00 bits per heavy atom. The van der Waals surface area contributed by atoms with Crippen molar-refractivity contribution in [1.82, 2.24) is 0 Å². The number of carbonyl (C=O) groups excluding carboxylic acids is 2. The molecule has 0 heterocycles. The summed E-state index contributed by atoms with van der Waals surface area (Å²) in [5.41, 5.74) is 0. The smallest absolute Gasteiger partial charge is 0.232 e. The second-order valence-corrected chi connectivity index (χ2v) is 4.46. The Labute approximate surface area is 107 Å². The van der Waals surface area contributed by atoms with Gasteiger partial charge in [0.15, 0.2) is 0 Å². The highest BCUT2D eigenvalue weighted by Gasteiger charge is 2.44. The maximum absolute atomic E-state index is 11.4. The number of hydrogen-bond donors (Lipinski definition) is 7. The zero-order valence-corrected chi connectivity index (χ0v) is 9.70. The average Bonchev–Trinajstić information content (AvgIpc) is 2.40. The van der Waals surface area contributed by atoms with E-state index >= 15 is 0 Å². The molecule has 1 aliphatic carbocycles. The van der Waals surface area contributed by atoms with E-state index in [2.05, 4.69) is 0 Å². The van der Waals surface area contributed by atoms with Crippen LogP contribution in [0.2, 0.25) is 0 Å². The van der Waals surface area contributed by atoms with Crippen LogP contribution < -0.4 is 0 Å². The minimum absolute atomic E-state index is 0.676. The molecule has 1 rings (SSSR count). The van der Waals surface area contributed by atoms with Gasteiger partial charge in [-0.3, -0.25) is 9.59 Å². The quantitative estimate of drug-likeness (QED) is 0.214. The maximum Gasteiger partial charge on any atom is 0.232 e. The van der Waals surface area contributed by atoms with Crippen LogP contribution in [0.1, 0.15) is 6.42 Å². The zero-order chi connectivity index (χ0) is 14.9. The van der Waals surface area contributed by atoms with Crippen LogP contribution in [0.25, 0.3) is 0 Å². The van der Waals surface area contributed by atoms with Crippen LogP contribution in [0.5, 0.6) is 0 Å². The summed E-state index contributed by atoms with van der Waals surface area (Å²) in [7, 11) is 0. The maximum atomic E-state index is 11.4. The van der Waals surface area contributed by atoms with Gasteiger partial charge in [0, 0.05) is 6.42 Å². The first kappa shape index (κ1) is 16.1. The number of Topliss-reactive ketones (excluding diaryl/α,β-unsaturated/α-hetero) is 2. The minimum atomic E-state index is -2.35. The molecule has 0 aromatic rings. The SMILES string of the molecule is O=C1C(=O)C(O)C(O)C(O)C(O)CC(O)C(O)C1O. The number of hydrogen-bond acceptors (Lipinski definition) is 9. The van der Waals surface area contributed by atoms with Crippen LogP contribution in [-0.4, -0.2) is 90.0 Å². The van der Waals surface area contributed by atoms with Crippen molar-refractivity contribution < 1.29 is 45.3 Å². The molecule has 0 bridgehead atoms. The second kappa shape index (κ2) is 6.01. The number of aliphatic hydroxyl groups excluding tert-OH is 7. The summed E-state index contributed by atoms with van der Waals surface area (Å²) in [6, 6.07) is 0. The monoisotopic (exact) mass is 280 g/mol. The molecule has 1 fully saturated rings. The standard InChI is InChI=1S/C10H16O9/c11-2-1-3(12)5(14)7(16)9(18)10(19)8(17)6(15)4(2)13/h2-8,11-17H,1H2. The summed E-state index contributed by atoms with van der Waals surface area (Å²) in [5, 5.41) is 65.8. The van der Waals surface area contributed by atoms with E-state index < -0.39 is 60.7 Å². The predicted molar refractivity (Wildman–Crippen MR) is 56.7 cm³/mol. The molecule has 0 radical (unpaired) electrons. The van der Waals surface area contributed by atoms with E-state index in [1.165, 1.54) is 0 Å². The highest BCUT2D eigenvalue weighted by atomic mass is 16.4. The third-order valence-electron chi connectivity index (χ3n) is 3.05. The molecule has 0 spiro atoms. The van der Waals surface area contributed by atoms with Crippen molar-refractivity contribution in [2.75, 3.05) is 0 Å². The third kappa shape index (κ3) is 3.15. The van der Waals surface area contributed by atoms with E-state index in [0.29, 0.717) is 0 Å². The van der Waals surface area contributed by atoms with Crippen LogP contribution >= 0.6 is 0 Å². The summed E-state index contributed by atoms with van der Waals surface area (Å²) in [5.74, 6) is -3.25. The van der Waals surface area contributed by atoms with E-state index in [-0.39, 0.29) is 0 Å². The predicted octanol–water partition coefficient (Wildman–Crippen LogP) is -4.95. The van der Waals surface area contributed by atoms with Crippen molar-refractivity contribution >= 4 is 11.6 Å². The Kier molecular flexibility index (Phi) is 5.10. The highest BCUT2D eigenvalue weighted by Crippen LogP contribution is 2.17. The van der Waals surface area contributed by atoms with E-state index in [9.17, 15) is 45.3 Å². The summed E-state index contributed by atoms with van der Waals surface area (Å²) in [6.45, 7) is 0. The molecule has 1 saturated carbocycles. The lowest BCUT2D eigenvalue weighted by Gasteiger charge is -2.31. The van der Waals surface area contributed by atoms with Crippen molar-refractivity contribution in [2.24, 2.45) is 0 Å². The molecule has 19 heavy (non-hydrogen) atoms. The average molecular weight is 280 g/mol. The number of carbonyl (C=O) groups is 2. The first-order valence-corrected chi connectivity index (χ1v) is 5.53. The van der Waals surface area contributed by atoms with Crippen molar-refractivity contribution in [3.63, 3.8) is 0 Å². The highest BCUT2D eigenvalue weighted by molar-refractivity contribution is 6.40. The first-order valence-electron chi connectivity index (χ1n) is 5.53. The van der Waals surface area contributed by atoms with Crippen LogP contribution in [0.15, 0.2) is 0 Å². The molecule has 9 heteroatoms. The van der Waals surface area contributed by atoms with Crippen LogP contribution in [0.4, 0.5) is 0 Å². The fourth-order valence-corrected chi connectivity index (χ4v) is 1.75. The van der Waals surface area contributed by atoms with Crippen molar-refractivity contribution in [3.8, 4) is 0 Å². The summed E-state index contributed by atoms with van der Waals surface area (Å²) in [4.78, 5) is 22.8. The molecular weight excluding hydrogens is 264 g/mol. The first-order chi connectivity index (χ1) is 8.68. The Morgan fingerprint density at radius 3 is 1.47 bits per heavy atom. The van der Waals surface area contributed by atoms with E-state index in [4.69, 9.17) is 0 Å². The molecule has 0 saturated heterocycles. The Morgan fingerprint density at radius 1 is 0.632 bits per heavy atom. The lowest BCUT2D eigenvalue weighted by atomic mass is 9.88. The Bertz CT molecular complexity index is 357. The second-order valence-electron chi connectivity index (χ2n) is 4.46. The largest absolute Gasteiger partial charge is 0.390 e. The summed E-state index contributed by atoms with van der Waals surface area (Å²) < 4.78 is 0. The topological polar surface area (TPSA) is 176 Å². The molecule has 7 unspecified atom stereocenters. The van der Waals surface area contributed by atoms with Gasteiger partial charge in [-0.15, -0.1) is 0 Å². The van der Waals surface area contributed by atoms with Gasteiger partial charge >= 0.3 is 0 Å². The van der Waals surface area contributed by atoms with Gasteiger partial charge < -0.3 is 35.7 Å². The lowest BCUT2D eigenvalue weighted by Crippen LogP contribution is -2.56. The zero-order valence-electron chi connectivity index (χ0n) is 9.70. The van der Waals surface area contributed by atoms with E-state index in [1.807, 2.05) is 0 Å². The van der Waals surface area contributed by atoms with Crippen LogP contribution in [0, 0.1) is 0 Å². The van der Waals surface area contributed by atoms with Gasteiger partial charge in [0.1, 0.15) is 30.5 Å². The molecule has 1 aliphatic rings. The number of aliphatic hydroxyl groups is 7. The third-order valence-corrected chi connectivity index (χ3v) is 3.05. The molecule has 9 nitrogen and oxygen atoms in total. The molecule has 0 amide bonds. The van der Waals surface area contributed by atoms with E-state index in [1.54, 1.807) is 0 Å². The van der Waals surface area contributed by atoms with Gasteiger partial charge in [-0.2, -0.15) is 0 Å². The van der Waals surface area contributed by atoms with Crippen LogP contribution in [0.3, 0.4) is 0 Å². The Hall–Kier alpha value is -0.940. The molecule has 7 atom stereocenters. The number of rotatable bonds is 0. The van der Waals surface area contributed by atoms with Gasteiger partial charge in [-0.05, 0) is 0 Å². The summed E-state index contributed by atoms with van der Waals surface area (Å²) in [6.07, 6.45) is -15.2. The lowest BCUT2D eigenvalue weighted by molar-refractivity contribution is -0.167. The van der Waals surface area contributed by atoms with Gasteiger partial charge in [-0.1, -0.05) is 0 Å². The van der Waals surface area contributed by atoms with Gasteiger partial charge in [-0.25, -0.2) is 0 Å². The minimum Gasteiger partial charge on any atom is -0.390 e. The Balaban J connectivity index is 3.09.